The second-order valence-electron chi connectivity index (χ2n) is 5.47. The van der Waals surface area contributed by atoms with Crippen molar-refractivity contribution in [3.8, 4) is 0 Å². The lowest BCUT2D eigenvalue weighted by Gasteiger charge is -2.27. The Morgan fingerprint density at radius 3 is 2.68 bits per heavy atom. The first-order valence-electron chi connectivity index (χ1n) is 6.92. The van der Waals surface area contributed by atoms with Crippen LogP contribution in [0.3, 0.4) is 0 Å². The molecular weight excluding hydrogens is 309 g/mol. The van der Waals surface area contributed by atoms with Crippen molar-refractivity contribution < 1.29 is 9.50 Å². The number of benzene rings is 1. The van der Waals surface area contributed by atoms with Crippen molar-refractivity contribution in [2.24, 2.45) is 5.92 Å². The van der Waals surface area contributed by atoms with Crippen LogP contribution in [-0.2, 0) is 0 Å². The highest BCUT2D eigenvalue weighted by molar-refractivity contribution is 9.10. The average molecular weight is 330 g/mol. The van der Waals surface area contributed by atoms with E-state index in [0.717, 1.165) is 36.7 Å². The molecular formula is C15H21BrFNO. The van der Waals surface area contributed by atoms with Crippen molar-refractivity contribution in [1.82, 2.24) is 5.32 Å². The van der Waals surface area contributed by atoms with Crippen LogP contribution >= 0.6 is 15.9 Å². The molecule has 2 N–H and O–H groups in total. The molecule has 106 valence electrons. The van der Waals surface area contributed by atoms with Crippen LogP contribution in [0.4, 0.5) is 4.39 Å². The zero-order chi connectivity index (χ0) is 13.8. The number of aliphatic hydroxyl groups excluding tert-OH is 1. The first kappa shape index (κ1) is 14.9. The molecule has 0 saturated heterocycles. The summed E-state index contributed by atoms with van der Waals surface area (Å²) in [6.45, 7) is 2.88. The molecule has 0 bridgehead atoms. The minimum atomic E-state index is -0.173. The van der Waals surface area contributed by atoms with E-state index < -0.39 is 0 Å². The Morgan fingerprint density at radius 1 is 1.37 bits per heavy atom. The standard InChI is InChI=1S/C15H21BrFNO/c1-10(14-7-4-12(16)8-15(14)17)18-9-11-2-5-13(19)6-3-11/h4,7-8,10-11,13,18-19H,2-3,5-6,9H2,1H3. The molecule has 0 spiro atoms. The fourth-order valence-electron chi connectivity index (χ4n) is 2.66. The molecule has 19 heavy (non-hydrogen) atoms. The maximum atomic E-state index is 13.8. The zero-order valence-corrected chi connectivity index (χ0v) is 12.8. The van der Waals surface area contributed by atoms with Gasteiger partial charge in [0.15, 0.2) is 0 Å². The summed E-state index contributed by atoms with van der Waals surface area (Å²) in [5.41, 5.74) is 0.707. The van der Waals surface area contributed by atoms with E-state index >= 15 is 0 Å². The first-order valence-corrected chi connectivity index (χ1v) is 7.72. The highest BCUT2D eigenvalue weighted by atomic mass is 79.9. The van der Waals surface area contributed by atoms with E-state index in [-0.39, 0.29) is 18.0 Å². The zero-order valence-electron chi connectivity index (χ0n) is 11.2. The number of hydrogen-bond donors (Lipinski definition) is 2. The SMILES string of the molecule is CC(NCC1CCC(O)CC1)c1ccc(Br)cc1F. The van der Waals surface area contributed by atoms with E-state index in [0.29, 0.717) is 11.5 Å². The lowest BCUT2D eigenvalue weighted by molar-refractivity contribution is 0.107. The molecule has 1 atom stereocenters. The van der Waals surface area contributed by atoms with E-state index in [4.69, 9.17) is 0 Å². The lowest BCUT2D eigenvalue weighted by Crippen LogP contribution is -2.30. The van der Waals surface area contributed by atoms with Gasteiger partial charge in [0.25, 0.3) is 0 Å². The Morgan fingerprint density at radius 2 is 2.05 bits per heavy atom. The molecule has 1 saturated carbocycles. The van der Waals surface area contributed by atoms with Gasteiger partial charge in [0, 0.05) is 16.1 Å². The van der Waals surface area contributed by atoms with E-state index in [2.05, 4.69) is 21.2 Å². The monoisotopic (exact) mass is 329 g/mol. The predicted octanol–water partition coefficient (Wildman–Crippen LogP) is 3.79. The third-order valence-electron chi connectivity index (χ3n) is 3.96. The molecule has 1 aliphatic rings. The molecule has 0 heterocycles. The van der Waals surface area contributed by atoms with Crippen LogP contribution in [-0.4, -0.2) is 17.8 Å². The minimum Gasteiger partial charge on any atom is -0.393 e. The van der Waals surface area contributed by atoms with E-state index in [1.807, 2.05) is 19.1 Å². The van der Waals surface area contributed by atoms with E-state index in [9.17, 15) is 9.50 Å². The van der Waals surface area contributed by atoms with Crippen LogP contribution in [0.15, 0.2) is 22.7 Å². The number of hydrogen-bond acceptors (Lipinski definition) is 2. The molecule has 1 aromatic carbocycles. The normalized spacial score (nSPS) is 25.3. The summed E-state index contributed by atoms with van der Waals surface area (Å²) < 4.78 is 14.6. The highest BCUT2D eigenvalue weighted by Crippen LogP contribution is 2.25. The van der Waals surface area contributed by atoms with Crippen LogP contribution in [0.25, 0.3) is 0 Å². The number of rotatable bonds is 4. The Balaban J connectivity index is 1.85. The van der Waals surface area contributed by atoms with Gasteiger partial charge in [0.05, 0.1) is 6.10 Å². The summed E-state index contributed by atoms with van der Waals surface area (Å²) in [5.74, 6) is 0.429. The van der Waals surface area contributed by atoms with Crippen LogP contribution in [0, 0.1) is 11.7 Å². The third-order valence-corrected chi connectivity index (χ3v) is 4.45. The molecule has 1 fully saturated rings. The topological polar surface area (TPSA) is 32.3 Å². The van der Waals surface area contributed by atoms with Crippen LogP contribution < -0.4 is 5.32 Å². The number of aliphatic hydroxyl groups is 1. The molecule has 1 aliphatic carbocycles. The third kappa shape index (κ3) is 4.26. The molecule has 2 rings (SSSR count). The van der Waals surface area contributed by atoms with Crippen LogP contribution in [0.2, 0.25) is 0 Å². The van der Waals surface area contributed by atoms with E-state index in [1.54, 1.807) is 0 Å². The van der Waals surface area contributed by atoms with Crippen molar-refractivity contribution in [2.75, 3.05) is 6.54 Å². The Labute approximate surface area is 122 Å². The first-order chi connectivity index (χ1) is 9.06. The van der Waals surface area contributed by atoms with Crippen LogP contribution in [0.1, 0.15) is 44.2 Å². The summed E-state index contributed by atoms with van der Waals surface area (Å²) in [6, 6.07) is 5.21. The maximum Gasteiger partial charge on any atom is 0.129 e. The van der Waals surface area contributed by atoms with Gasteiger partial charge in [-0.05, 0) is 57.2 Å². The summed E-state index contributed by atoms with van der Waals surface area (Å²) in [7, 11) is 0. The predicted molar refractivity (Wildman–Crippen MR) is 78.5 cm³/mol. The van der Waals surface area contributed by atoms with Crippen LogP contribution in [0.5, 0.6) is 0 Å². The van der Waals surface area contributed by atoms with Crippen molar-refractivity contribution in [3.05, 3.63) is 34.1 Å². The van der Waals surface area contributed by atoms with Crippen molar-refractivity contribution in [1.29, 1.82) is 0 Å². The van der Waals surface area contributed by atoms with Crippen molar-refractivity contribution in [3.63, 3.8) is 0 Å². The van der Waals surface area contributed by atoms with Gasteiger partial charge >= 0.3 is 0 Å². The molecule has 0 aliphatic heterocycles. The van der Waals surface area contributed by atoms with Gasteiger partial charge < -0.3 is 10.4 Å². The van der Waals surface area contributed by atoms with Gasteiger partial charge in [-0.2, -0.15) is 0 Å². The fourth-order valence-corrected chi connectivity index (χ4v) is 2.99. The maximum absolute atomic E-state index is 13.8. The fraction of sp³-hybridized carbons (Fsp3) is 0.600. The molecule has 0 radical (unpaired) electrons. The molecule has 2 nitrogen and oxygen atoms in total. The van der Waals surface area contributed by atoms with Crippen molar-refractivity contribution in [2.45, 2.75) is 44.8 Å². The lowest BCUT2D eigenvalue weighted by atomic mass is 9.87. The Kier molecular flexibility index (Phi) is 5.37. The molecule has 0 aromatic heterocycles. The molecule has 4 heteroatoms. The number of halogens is 2. The van der Waals surface area contributed by atoms with Gasteiger partial charge in [0.1, 0.15) is 5.82 Å². The van der Waals surface area contributed by atoms with Gasteiger partial charge in [-0.1, -0.05) is 22.0 Å². The summed E-state index contributed by atoms with van der Waals surface area (Å²) in [6.07, 6.45) is 3.80. The second-order valence-corrected chi connectivity index (χ2v) is 6.39. The molecule has 0 amide bonds. The average Bonchev–Trinajstić information content (AvgIpc) is 2.37. The summed E-state index contributed by atoms with van der Waals surface area (Å²) in [4.78, 5) is 0. The van der Waals surface area contributed by atoms with Gasteiger partial charge in [-0.3, -0.25) is 0 Å². The van der Waals surface area contributed by atoms with Gasteiger partial charge in [-0.15, -0.1) is 0 Å². The van der Waals surface area contributed by atoms with Crippen molar-refractivity contribution >= 4 is 15.9 Å². The molecule has 1 aromatic rings. The Bertz CT molecular complexity index is 419. The Hall–Kier alpha value is -0.450. The van der Waals surface area contributed by atoms with Gasteiger partial charge in [-0.25, -0.2) is 4.39 Å². The highest BCUT2D eigenvalue weighted by Gasteiger charge is 2.20. The summed E-state index contributed by atoms with van der Waals surface area (Å²) >= 11 is 3.27. The summed E-state index contributed by atoms with van der Waals surface area (Å²) in [5, 5.41) is 12.9. The second kappa shape index (κ2) is 6.82. The quantitative estimate of drug-likeness (QED) is 0.880. The minimum absolute atomic E-state index is 0.0138. The number of nitrogens with one attached hydrogen (secondary N) is 1. The smallest absolute Gasteiger partial charge is 0.129 e. The largest absolute Gasteiger partial charge is 0.393 e. The van der Waals surface area contributed by atoms with E-state index in [1.165, 1.54) is 6.07 Å². The van der Waals surface area contributed by atoms with Gasteiger partial charge in [0.2, 0.25) is 0 Å². The molecule has 1 unspecified atom stereocenters.